The summed E-state index contributed by atoms with van der Waals surface area (Å²) in [6.45, 7) is 4.31. The highest BCUT2D eigenvalue weighted by molar-refractivity contribution is 7.98. The van der Waals surface area contributed by atoms with Crippen LogP contribution in [0.5, 0.6) is 0 Å². The van der Waals surface area contributed by atoms with Crippen molar-refractivity contribution in [1.29, 1.82) is 0 Å². The highest BCUT2D eigenvalue weighted by Crippen LogP contribution is 2.23. The summed E-state index contributed by atoms with van der Waals surface area (Å²) < 4.78 is 29.9. The molecular formula is C18H21N3O2S2. The molecular weight excluding hydrogens is 354 g/mol. The second kappa shape index (κ2) is 7.19. The number of aryl methyl sites for hydroxylation is 1. The van der Waals surface area contributed by atoms with Crippen LogP contribution in [0.25, 0.3) is 11.0 Å². The Morgan fingerprint density at radius 2 is 1.84 bits per heavy atom. The van der Waals surface area contributed by atoms with E-state index in [2.05, 4.69) is 14.3 Å². The zero-order valence-electron chi connectivity index (χ0n) is 14.4. The third kappa shape index (κ3) is 3.89. The fourth-order valence-corrected chi connectivity index (χ4v) is 4.56. The lowest BCUT2D eigenvalue weighted by atomic mass is 10.2. The minimum atomic E-state index is -3.54. The zero-order chi connectivity index (χ0) is 18.0. The summed E-state index contributed by atoms with van der Waals surface area (Å²) in [6.07, 6.45) is 1.97. The van der Waals surface area contributed by atoms with Gasteiger partial charge in [0.2, 0.25) is 10.0 Å². The molecule has 0 spiro atoms. The van der Waals surface area contributed by atoms with Crippen LogP contribution < -0.4 is 4.72 Å². The van der Waals surface area contributed by atoms with Crippen molar-refractivity contribution in [1.82, 2.24) is 14.3 Å². The van der Waals surface area contributed by atoms with Crippen molar-refractivity contribution in [3.63, 3.8) is 0 Å². The topological polar surface area (TPSA) is 64.0 Å². The van der Waals surface area contributed by atoms with E-state index in [1.54, 1.807) is 36.0 Å². The molecule has 0 bridgehead atoms. The van der Waals surface area contributed by atoms with E-state index in [1.807, 2.05) is 44.4 Å². The Morgan fingerprint density at radius 3 is 2.52 bits per heavy atom. The number of hydrogen-bond donors (Lipinski definition) is 1. The van der Waals surface area contributed by atoms with Gasteiger partial charge < -0.3 is 4.57 Å². The number of fused-ring (bicyclic) bond motifs is 1. The van der Waals surface area contributed by atoms with Crippen LogP contribution >= 0.6 is 11.8 Å². The van der Waals surface area contributed by atoms with Gasteiger partial charge in [0.25, 0.3) is 0 Å². The van der Waals surface area contributed by atoms with Gasteiger partial charge in [-0.1, -0.05) is 41.6 Å². The van der Waals surface area contributed by atoms with Gasteiger partial charge in [-0.2, -0.15) is 0 Å². The van der Waals surface area contributed by atoms with E-state index >= 15 is 0 Å². The molecule has 3 aromatic rings. The van der Waals surface area contributed by atoms with Gasteiger partial charge in [0.05, 0.1) is 15.9 Å². The normalized spacial score (nSPS) is 13.2. The van der Waals surface area contributed by atoms with Crippen LogP contribution in [-0.4, -0.2) is 30.3 Å². The van der Waals surface area contributed by atoms with Crippen molar-refractivity contribution in [2.24, 2.45) is 0 Å². The van der Waals surface area contributed by atoms with Gasteiger partial charge in [0.1, 0.15) is 0 Å². The van der Waals surface area contributed by atoms with Crippen LogP contribution in [0.3, 0.4) is 0 Å². The maximum absolute atomic E-state index is 12.6. The zero-order valence-corrected chi connectivity index (χ0v) is 16.1. The molecule has 1 N–H and O–H groups in total. The molecule has 1 atom stereocenters. The summed E-state index contributed by atoms with van der Waals surface area (Å²) in [5, 5.41) is 0.877. The molecule has 132 valence electrons. The standard InChI is InChI=1S/C18H21N3O2S2/c1-13-8-10-15(11-9-13)25(22,23)20-14(2)12-21-17-7-5-4-6-16(17)19-18(21)24-3/h4-11,14,20H,12H2,1-3H3. The molecule has 25 heavy (non-hydrogen) atoms. The summed E-state index contributed by atoms with van der Waals surface area (Å²) in [6, 6.07) is 14.5. The lowest BCUT2D eigenvalue weighted by Gasteiger charge is -2.17. The second-order valence-corrected chi connectivity index (χ2v) is 8.52. The van der Waals surface area contributed by atoms with E-state index in [9.17, 15) is 8.42 Å². The Hall–Kier alpha value is -1.83. The Labute approximate surface area is 152 Å². The van der Waals surface area contributed by atoms with E-state index in [1.165, 1.54) is 0 Å². The van der Waals surface area contributed by atoms with Crippen LogP contribution in [0, 0.1) is 6.92 Å². The van der Waals surface area contributed by atoms with Crippen LogP contribution in [0.1, 0.15) is 12.5 Å². The van der Waals surface area contributed by atoms with Crippen LogP contribution in [0.15, 0.2) is 58.6 Å². The number of aromatic nitrogens is 2. The lowest BCUT2D eigenvalue weighted by Crippen LogP contribution is -2.35. The summed E-state index contributed by atoms with van der Waals surface area (Å²) in [7, 11) is -3.54. The maximum atomic E-state index is 12.6. The molecule has 0 aliphatic heterocycles. The van der Waals surface area contributed by atoms with E-state index in [-0.39, 0.29) is 10.9 Å². The lowest BCUT2D eigenvalue weighted by molar-refractivity contribution is 0.509. The molecule has 7 heteroatoms. The van der Waals surface area contributed by atoms with Gasteiger partial charge in [0, 0.05) is 12.6 Å². The molecule has 3 rings (SSSR count). The van der Waals surface area contributed by atoms with Gasteiger partial charge >= 0.3 is 0 Å². The van der Waals surface area contributed by atoms with Crippen molar-refractivity contribution >= 4 is 32.8 Å². The number of imidazole rings is 1. The summed E-state index contributed by atoms with van der Waals surface area (Å²) in [5.41, 5.74) is 2.95. The molecule has 0 radical (unpaired) electrons. The molecule has 0 fully saturated rings. The van der Waals surface area contributed by atoms with E-state index in [0.717, 1.165) is 21.8 Å². The number of para-hydroxylation sites is 2. The number of rotatable bonds is 6. The number of nitrogens with one attached hydrogen (secondary N) is 1. The molecule has 0 saturated heterocycles. The molecule has 0 saturated carbocycles. The number of thioether (sulfide) groups is 1. The first-order chi connectivity index (χ1) is 11.9. The number of sulfonamides is 1. The largest absolute Gasteiger partial charge is 0.317 e. The fraction of sp³-hybridized carbons (Fsp3) is 0.278. The predicted molar refractivity (Wildman–Crippen MR) is 102 cm³/mol. The highest BCUT2D eigenvalue weighted by Gasteiger charge is 2.19. The Balaban J connectivity index is 1.83. The van der Waals surface area contributed by atoms with Gasteiger partial charge in [-0.25, -0.2) is 18.1 Å². The van der Waals surface area contributed by atoms with Crippen molar-refractivity contribution in [2.75, 3.05) is 6.26 Å². The molecule has 0 aliphatic carbocycles. The average molecular weight is 376 g/mol. The van der Waals surface area contributed by atoms with Crippen molar-refractivity contribution in [3.8, 4) is 0 Å². The Bertz CT molecular complexity index is 979. The smallest absolute Gasteiger partial charge is 0.240 e. The van der Waals surface area contributed by atoms with Crippen LogP contribution in [0.4, 0.5) is 0 Å². The third-order valence-electron chi connectivity index (χ3n) is 3.95. The van der Waals surface area contributed by atoms with Gasteiger partial charge in [-0.15, -0.1) is 0 Å². The van der Waals surface area contributed by atoms with Crippen molar-refractivity contribution in [3.05, 3.63) is 54.1 Å². The van der Waals surface area contributed by atoms with E-state index in [4.69, 9.17) is 0 Å². The minimum Gasteiger partial charge on any atom is -0.317 e. The van der Waals surface area contributed by atoms with E-state index < -0.39 is 10.0 Å². The van der Waals surface area contributed by atoms with Crippen LogP contribution in [0.2, 0.25) is 0 Å². The van der Waals surface area contributed by atoms with Crippen molar-refractivity contribution < 1.29 is 8.42 Å². The molecule has 2 aromatic carbocycles. The molecule has 0 aliphatic rings. The summed E-state index contributed by atoms with van der Waals surface area (Å²) in [5.74, 6) is 0. The number of nitrogens with zero attached hydrogens (tertiary/aromatic N) is 2. The maximum Gasteiger partial charge on any atom is 0.240 e. The quantitative estimate of drug-likeness (QED) is 0.671. The van der Waals surface area contributed by atoms with Crippen LogP contribution in [-0.2, 0) is 16.6 Å². The SMILES string of the molecule is CSc1nc2ccccc2n1CC(C)NS(=O)(=O)c1ccc(C)cc1. The molecule has 1 aromatic heterocycles. The van der Waals surface area contributed by atoms with E-state index in [0.29, 0.717) is 6.54 Å². The van der Waals surface area contributed by atoms with Gasteiger partial charge in [0.15, 0.2) is 5.16 Å². The predicted octanol–water partition coefficient (Wildman–Crippen LogP) is 3.43. The Kier molecular flexibility index (Phi) is 5.17. The fourth-order valence-electron chi connectivity index (χ4n) is 2.75. The first-order valence-corrected chi connectivity index (χ1v) is 10.7. The molecule has 5 nitrogen and oxygen atoms in total. The second-order valence-electron chi connectivity index (χ2n) is 6.03. The average Bonchev–Trinajstić information content (AvgIpc) is 2.92. The Morgan fingerprint density at radius 1 is 1.16 bits per heavy atom. The summed E-state index contributed by atoms with van der Waals surface area (Å²) >= 11 is 1.55. The molecule has 1 unspecified atom stereocenters. The number of benzene rings is 2. The third-order valence-corrected chi connectivity index (χ3v) is 6.23. The van der Waals surface area contributed by atoms with Crippen molar-refractivity contribution in [2.45, 2.75) is 36.5 Å². The van der Waals surface area contributed by atoms with Gasteiger partial charge in [-0.3, -0.25) is 0 Å². The highest BCUT2D eigenvalue weighted by atomic mass is 32.2. The molecule has 1 heterocycles. The first kappa shape index (κ1) is 18.0. The number of hydrogen-bond acceptors (Lipinski definition) is 4. The van der Waals surface area contributed by atoms with Gasteiger partial charge in [-0.05, 0) is 44.4 Å². The summed E-state index contributed by atoms with van der Waals surface area (Å²) in [4.78, 5) is 4.88. The minimum absolute atomic E-state index is 0.269. The monoisotopic (exact) mass is 375 g/mol. The first-order valence-electron chi connectivity index (χ1n) is 7.99. The molecule has 0 amide bonds.